The number of hydrogen-bond donors (Lipinski definition) is 5. The highest BCUT2D eigenvalue weighted by molar-refractivity contribution is 6.34. The molecule has 12 heteroatoms. The van der Waals surface area contributed by atoms with Gasteiger partial charge in [0.2, 0.25) is 11.6 Å². The minimum atomic E-state index is -2.11. The molecular weight excluding hydrogens is 495 g/mol. The van der Waals surface area contributed by atoms with Crippen LogP contribution in [0.5, 0.6) is 0 Å². The van der Waals surface area contributed by atoms with E-state index in [0.29, 0.717) is 20.5 Å². The van der Waals surface area contributed by atoms with E-state index in [2.05, 4.69) is 15.6 Å². The third kappa shape index (κ3) is 8.13. The molecule has 0 aliphatic rings. The van der Waals surface area contributed by atoms with Crippen molar-refractivity contribution in [2.45, 2.75) is 38.5 Å². The Kier molecular flexibility index (Phi) is 10.3. The Morgan fingerprint density at radius 2 is 1.66 bits per heavy atom. The molecule has 35 heavy (non-hydrogen) atoms. The zero-order valence-corrected chi connectivity index (χ0v) is 20.6. The maximum Gasteiger partial charge on any atom is 0.345 e. The molecule has 0 aliphatic heterocycles. The van der Waals surface area contributed by atoms with Crippen molar-refractivity contribution in [3.63, 3.8) is 0 Å². The normalized spacial score (nSPS) is 12.3. The Morgan fingerprint density at radius 1 is 1.03 bits per heavy atom. The van der Waals surface area contributed by atoms with Gasteiger partial charge in [-0.2, -0.15) is 0 Å². The molecule has 1 atom stereocenters. The minimum Gasteiger partial charge on any atom is -0.478 e. The van der Waals surface area contributed by atoms with Gasteiger partial charge in [0.25, 0.3) is 0 Å². The van der Waals surface area contributed by atoms with Crippen LogP contribution < -0.4 is 22.1 Å². The van der Waals surface area contributed by atoms with Crippen LogP contribution in [0.25, 0.3) is 0 Å². The number of nitrogens with two attached hydrogens (primary N) is 2. The van der Waals surface area contributed by atoms with Crippen molar-refractivity contribution in [2.75, 3.05) is 6.54 Å². The molecule has 2 aromatic rings. The maximum atomic E-state index is 13.2. The molecule has 0 radical (unpaired) electrons. The van der Waals surface area contributed by atoms with Gasteiger partial charge in [0.15, 0.2) is 5.96 Å². The lowest BCUT2D eigenvalue weighted by Crippen LogP contribution is -2.68. The van der Waals surface area contributed by atoms with E-state index < -0.39 is 23.6 Å². The fraction of sp³-hybridized carbons (Fsp3) is 0.304. The molecule has 2 rings (SSSR count). The van der Waals surface area contributed by atoms with Crippen LogP contribution in [0, 0.1) is 0 Å². The number of carboxylic acids is 1. The lowest BCUT2D eigenvalue weighted by atomic mass is 10.00. The molecule has 0 unspecified atom stereocenters. The fourth-order valence-electron chi connectivity index (χ4n) is 3.50. The standard InChI is InChI=1S/C23H28Cl2N6O4/c1-15(32)31(22(35)29-13-16-6-3-2-4-7-16)23(20(33)34,8-5-9-28-21(26)27)30-14-17-10-18(24)12-19(25)11-17/h2-4,6-7,10-12,30H,5,8-9,13-14H2,1H3,(H,29,35)(H,33,34)(H4,26,27,28)/t23-/m0/s1. The third-order valence-electron chi connectivity index (χ3n) is 5.04. The van der Waals surface area contributed by atoms with Crippen LogP contribution in [0.4, 0.5) is 4.79 Å². The number of aliphatic carboxylic acids is 1. The molecule has 7 N–H and O–H groups in total. The average molecular weight is 523 g/mol. The number of aliphatic imine (C=N–C) groups is 1. The van der Waals surface area contributed by atoms with Gasteiger partial charge in [-0.3, -0.25) is 15.1 Å². The number of halogens is 2. The highest BCUT2D eigenvalue weighted by Gasteiger charge is 2.48. The summed E-state index contributed by atoms with van der Waals surface area (Å²) >= 11 is 12.1. The number of amides is 3. The number of nitrogens with one attached hydrogen (secondary N) is 2. The lowest BCUT2D eigenvalue weighted by Gasteiger charge is -2.39. The fourth-order valence-corrected chi connectivity index (χ4v) is 4.07. The summed E-state index contributed by atoms with van der Waals surface area (Å²) in [6, 6.07) is 12.9. The molecule has 0 saturated heterocycles. The summed E-state index contributed by atoms with van der Waals surface area (Å²) in [5.74, 6) is -2.35. The van der Waals surface area contributed by atoms with E-state index >= 15 is 0 Å². The number of carboxylic acid groups (broad SMARTS) is 1. The minimum absolute atomic E-state index is 0.0510. The second kappa shape index (κ2) is 12.9. The van der Waals surface area contributed by atoms with E-state index in [-0.39, 0.29) is 38.4 Å². The first kappa shape index (κ1) is 27.9. The summed E-state index contributed by atoms with van der Waals surface area (Å²) in [5.41, 5.74) is 9.94. The predicted octanol–water partition coefficient (Wildman–Crippen LogP) is 2.68. The van der Waals surface area contributed by atoms with Gasteiger partial charge in [0, 0.05) is 36.6 Å². The first-order valence-corrected chi connectivity index (χ1v) is 11.4. The van der Waals surface area contributed by atoms with Crippen LogP contribution in [-0.2, 0) is 22.7 Å². The van der Waals surface area contributed by atoms with E-state index in [4.69, 9.17) is 34.7 Å². The van der Waals surface area contributed by atoms with Gasteiger partial charge in [0.05, 0.1) is 0 Å². The number of carbonyl (C=O) groups excluding carboxylic acids is 2. The van der Waals surface area contributed by atoms with E-state index in [1.807, 2.05) is 6.07 Å². The Morgan fingerprint density at radius 3 is 2.20 bits per heavy atom. The van der Waals surface area contributed by atoms with Crippen LogP contribution in [0.2, 0.25) is 10.0 Å². The summed E-state index contributed by atoms with van der Waals surface area (Å²) in [6.45, 7) is 1.26. The van der Waals surface area contributed by atoms with Crippen LogP contribution in [0.1, 0.15) is 30.9 Å². The molecule has 10 nitrogen and oxygen atoms in total. The first-order chi connectivity index (χ1) is 16.5. The molecule has 188 valence electrons. The Bertz CT molecular complexity index is 1060. The molecular formula is C23H28Cl2N6O4. The van der Waals surface area contributed by atoms with Crippen molar-refractivity contribution in [1.82, 2.24) is 15.5 Å². The van der Waals surface area contributed by atoms with Gasteiger partial charge in [-0.1, -0.05) is 53.5 Å². The Balaban J connectivity index is 2.38. The van der Waals surface area contributed by atoms with Crippen molar-refractivity contribution in [3.8, 4) is 0 Å². The van der Waals surface area contributed by atoms with Crippen molar-refractivity contribution >= 4 is 47.1 Å². The number of rotatable bonds is 11. The van der Waals surface area contributed by atoms with Crippen molar-refractivity contribution in [1.29, 1.82) is 0 Å². The Labute approximate surface area is 213 Å². The van der Waals surface area contributed by atoms with E-state index in [1.54, 1.807) is 36.4 Å². The van der Waals surface area contributed by atoms with Gasteiger partial charge in [-0.25, -0.2) is 14.5 Å². The zero-order chi connectivity index (χ0) is 26.0. The number of nitrogens with zero attached hydrogens (tertiary/aromatic N) is 2. The molecule has 0 fully saturated rings. The van der Waals surface area contributed by atoms with E-state index in [0.717, 1.165) is 12.5 Å². The number of urea groups is 1. The van der Waals surface area contributed by atoms with Crippen LogP contribution in [0.15, 0.2) is 53.5 Å². The molecule has 2 aromatic carbocycles. The SMILES string of the molecule is CC(=O)N(C(=O)NCc1ccccc1)[C@](CCCN=C(N)N)(NCc1cc(Cl)cc(Cl)c1)C(=O)O. The lowest BCUT2D eigenvalue weighted by molar-refractivity contribution is -0.158. The number of carbonyl (C=O) groups is 3. The van der Waals surface area contributed by atoms with Crippen LogP contribution in [0.3, 0.4) is 0 Å². The molecule has 0 saturated carbocycles. The predicted molar refractivity (Wildman–Crippen MR) is 135 cm³/mol. The van der Waals surface area contributed by atoms with Crippen molar-refractivity contribution < 1.29 is 19.5 Å². The monoisotopic (exact) mass is 522 g/mol. The quantitative estimate of drug-likeness (QED) is 0.131. The van der Waals surface area contributed by atoms with E-state index in [9.17, 15) is 19.5 Å². The second-order valence-electron chi connectivity index (χ2n) is 7.71. The highest BCUT2D eigenvalue weighted by Crippen LogP contribution is 2.24. The molecule has 0 heterocycles. The summed E-state index contributed by atoms with van der Waals surface area (Å²) in [7, 11) is 0. The van der Waals surface area contributed by atoms with Gasteiger partial charge in [0.1, 0.15) is 0 Å². The summed E-state index contributed by atoms with van der Waals surface area (Å²) in [5, 5.41) is 16.5. The van der Waals surface area contributed by atoms with Gasteiger partial charge in [-0.05, 0) is 42.2 Å². The molecule has 0 aliphatic carbocycles. The molecule has 3 amide bonds. The van der Waals surface area contributed by atoms with Gasteiger partial charge >= 0.3 is 12.0 Å². The molecule has 0 bridgehead atoms. The van der Waals surface area contributed by atoms with Gasteiger partial charge in [-0.15, -0.1) is 0 Å². The summed E-state index contributed by atoms with van der Waals surface area (Å²) < 4.78 is 0. The Hall–Kier alpha value is -3.34. The number of hydrogen-bond acceptors (Lipinski definition) is 5. The average Bonchev–Trinajstić information content (AvgIpc) is 2.78. The second-order valence-corrected chi connectivity index (χ2v) is 8.58. The van der Waals surface area contributed by atoms with Crippen LogP contribution in [-0.4, -0.2) is 46.1 Å². The number of guanidine groups is 1. The number of imide groups is 1. The van der Waals surface area contributed by atoms with Crippen molar-refractivity contribution in [2.24, 2.45) is 16.5 Å². The highest BCUT2D eigenvalue weighted by atomic mass is 35.5. The topological polar surface area (TPSA) is 163 Å². The molecule has 0 aromatic heterocycles. The summed E-state index contributed by atoms with van der Waals surface area (Å²) in [4.78, 5) is 43.0. The van der Waals surface area contributed by atoms with Gasteiger partial charge < -0.3 is 21.9 Å². The van der Waals surface area contributed by atoms with Crippen molar-refractivity contribution in [3.05, 3.63) is 69.7 Å². The zero-order valence-electron chi connectivity index (χ0n) is 19.1. The maximum absolute atomic E-state index is 13.2. The summed E-state index contributed by atoms with van der Waals surface area (Å²) in [6.07, 6.45) is -0.0189. The van der Waals surface area contributed by atoms with E-state index in [1.165, 1.54) is 6.07 Å². The van der Waals surface area contributed by atoms with Crippen LogP contribution >= 0.6 is 23.2 Å². The first-order valence-electron chi connectivity index (χ1n) is 10.7. The molecule has 0 spiro atoms. The third-order valence-corrected chi connectivity index (χ3v) is 5.47. The largest absolute Gasteiger partial charge is 0.478 e. The smallest absolute Gasteiger partial charge is 0.345 e. The number of benzene rings is 2.